The molecule has 1 aliphatic heterocycles. The van der Waals surface area contributed by atoms with E-state index in [1.54, 1.807) is 0 Å². The van der Waals surface area contributed by atoms with Gasteiger partial charge in [-0.3, -0.25) is 0 Å². The van der Waals surface area contributed by atoms with Crippen LogP contribution in [0.3, 0.4) is 0 Å². The molecule has 1 heterocycles. The summed E-state index contributed by atoms with van der Waals surface area (Å²) in [6.07, 6.45) is 0.623. The molecule has 0 aromatic heterocycles. The van der Waals surface area contributed by atoms with Gasteiger partial charge in [-0.15, -0.1) is 0 Å². The van der Waals surface area contributed by atoms with E-state index in [0.717, 1.165) is 13.1 Å². The van der Waals surface area contributed by atoms with Crippen molar-refractivity contribution < 1.29 is 15.0 Å². The first-order valence-electron chi connectivity index (χ1n) is 3.67. The molecule has 0 bridgehead atoms. The van der Waals surface area contributed by atoms with Gasteiger partial charge in [0.2, 0.25) is 0 Å². The third-order valence-electron chi connectivity index (χ3n) is 1.66. The lowest BCUT2D eigenvalue weighted by atomic mass is 10.3. The summed E-state index contributed by atoms with van der Waals surface area (Å²) in [5.74, 6) is 0. The number of hydrogen-bond acceptors (Lipinski definition) is 0. The maximum atomic E-state index is 12.6. The molecule has 0 aliphatic carbocycles. The smallest absolute Gasteiger partial charge is 0.197 e. The number of rotatable bonds is 0. The summed E-state index contributed by atoms with van der Waals surface area (Å²) in [4.78, 5) is 0. The van der Waals surface area contributed by atoms with E-state index in [4.69, 9.17) is 0 Å². The molecule has 4 N–H and O–H groups in total. The van der Waals surface area contributed by atoms with Crippen LogP contribution in [0.15, 0.2) is 0 Å². The van der Waals surface area contributed by atoms with Crippen LogP contribution < -0.4 is 10.6 Å². The molecular formula is C6H15FN2+2. The third kappa shape index (κ3) is 2.77. The maximum absolute atomic E-state index is 12.6. The molecule has 0 amide bonds. The summed E-state index contributed by atoms with van der Waals surface area (Å²) < 4.78 is 12.6. The van der Waals surface area contributed by atoms with Crippen molar-refractivity contribution in [3.8, 4) is 0 Å². The van der Waals surface area contributed by atoms with E-state index < -0.39 is 6.17 Å². The van der Waals surface area contributed by atoms with Gasteiger partial charge in [0.25, 0.3) is 0 Å². The second kappa shape index (κ2) is 3.80. The Bertz CT molecular complexity index is 69.5. The monoisotopic (exact) mass is 134 g/mol. The molecule has 0 aromatic carbocycles. The normalized spacial score (nSPS) is 25.0. The van der Waals surface area contributed by atoms with Crippen molar-refractivity contribution in [1.29, 1.82) is 0 Å². The molecule has 0 saturated carbocycles. The van der Waals surface area contributed by atoms with E-state index in [1.807, 2.05) is 0 Å². The van der Waals surface area contributed by atoms with Gasteiger partial charge in [-0.1, -0.05) is 0 Å². The fourth-order valence-electron chi connectivity index (χ4n) is 1.10. The van der Waals surface area contributed by atoms with Crippen LogP contribution in [0.4, 0.5) is 4.39 Å². The summed E-state index contributed by atoms with van der Waals surface area (Å²) in [5.41, 5.74) is 0. The van der Waals surface area contributed by atoms with Crippen molar-refractivity contribution in [1.82, 2.24) is 0 Å². The average molecular weight is 134 g/mol. The second-order valence-corrected chi connectivity index (χ2v) is 2.58. The molecule has 0 radical (unpaired) electrons. The fraction of sp³-hybridized carbons (Fsp3) is 1.00. The minimum absolute atomic E-state index is 0.592. The Morgan fingerprint density at radius 2 is 1.67 bits per heavy atom. The highest BCUT2D eigenvalue weighted by Gasteiger charge is 2.12. The van der Waals surface area contributed by atoms with Crippen LogP contribution in [0.5, 0.6) is 0 Å². The standard InChI is InChI=1S/C6H13FN2/c7-6-4-8-2-1-3-9-5-6/h6,8-9H,1-5H2/p+2. The zero-order valence-corrected chi connectivity index (χ0v) is 5.65. The number of quaternary nitrogens is 2. The summed E-state index contributed by atoms with van der Waals surface area (Å²) in [5, 5.41) is 4.13. The Kier molecular flexibility index (Phi) is 2.94. The summed E-state index contributed by atoms with van der Waals surface area (Å²) in [7, 11) is 0. The Morgan fingerprint density at radius 1 is 1.11 bits per heavy atom. The van der Waals surface area contributed by atoms with Crippen LogP contribution >= 0.6 is 0 Å². The van der Waals surface area contributed by atoms with E-state index >= 15 is 0 Å². The summed E-state index contributed by atoms with van der Waals surface area (Å²) in [6.45, 7) is 3.51. The van der Waals surface area contributed by atoms with Crippen LogP contribution in [0, 0.1) is 0 Å². The molecule has 54 valence electrons. The first-order chi connectivity index (χ1) is 4.39. The molecule has 1 rings (SSSR count). The van der Waals surface area contributed by atoms with Crippen molar-refractivity contribution in [3.63, 3.8) is 0 Å². The van der Waals surface area contributed by atoms with Gasteiger partial charge in [-0.25, -0.2) is 4.39 Å². The van der Waals surface area contributed by atoms with Gasteiger partial charge in [-0.05, 0) is 0 Å². The van der Waals surface area contributed by atoms with Crippen molar-refractivity contribution in [2.45, 2.75) is 12.6 Å². The fourth-order valence-corrected chi connectivity index (χ4v) is 1.10. The molecule has 2 nitrogen and oxygen atoms in total. The predicted molar refractivity (Wildman–Crippen MR) is 32.8 cm³/mol. The number of halogens is 1. The first kappa shape index (κ1) is 6.96. The van der Waals surface area contributed by atoms with Crippen LogP contribution in [0.2, 0.25) is 0 Å². The van der Waals surface area contributed by atoms with Gasteiger partial charge in [0.1, 0.15) is 13.1 Å². The van der Waals surface area contributed by atoms with Gasteiger partial charge in [0, 0.05) is 6.42 Å². The van der Waals surface area contributed by atoms with E-state index in [-0.39, 0.29) is 0 Å². The minimum atomic E-state index is -0.592. The van der Waals surface area contributed by atoms with E-state index in [2.05, 4.69) is 10.6 Å². The molecule has 0 spiro atoms. The van der Waals surface area contributed by atoms with Crippen molar-refractivity contribution >= 4 is 0 Å². The maximum Gasteiger partial charge on any atom is 0.197 e. The Morgan fingerprint density at radius 3 is 2.22 bits per heavy atom. The number of hydrogen-bond donors (Lipinski definition) is 2. The van der Waals surface area contributed by atoms with Gasteiger partial charge in [0.05, 0.1) is 13.1 Å². The lowest BCUT2D eigenvalue weighted by Crippen LogP contribution is -2.95. The third-order valence-corrected chi connectivity index (χ3v) is 1.66. The summed E-state index contributed by atoms with van der Waals surface area (Å²) in [6, 6.07) is 0. The molecule has 1 aliphatic rings. The molecule has 9 heavy (non-hydrogen) atoms. The lowest BCUT2D eigenvalue weighted by molar-refractivity contribution is -0.712. The second-order valence-electron chi connectivity index (χ2n) is 2.58. The van der Waals surface area contributed by atoms with Gasteiger partial charge < -0.3 is 10.6 Å². The minimum Gasteiger partial charge on any atom is -0.343 e. The van der Waals surface area contributed by atoms with Gasteiger partial charge >= 0.3 is 0 Å². The van der Waals surface area contributed by atoms with Gasteiger partial charge in [-0.2, -0.15) is 0 Å². The molecule has 3 heteroatoms. The molecule has 1 fully saturated rings. The molecule has 0 aromatic rings. The Labute approximate surface area is 54.8 Å². The number of nitrogens with two attached hydrogens (primary N) is 2. The lowest BCUT2D eigenvalue weighted by Gasteiger charge is -2.09. The first-order valence-corrected chi connectivity index (χ1v) is 3.67. The van der Waals surface area contributed by atoms with Crippen molar-refractivity contribution in [3.05, 3.63) is 0 Å². The SMILES string of the molecule is FC1C[NH2+]CCC[NH2+]C1. The van der Waals surface area contributed by atoms with E-state index in [0.29, 0.717) is 13.1 Å². The van der Waals surface area contributed by atoms with Gasteiger partial charge in [0.15, 0.2) is 6.17 Å². The highest BCUT2D eigenvalue weighted by molar-refractivity contribution is 4.47. The molecular weight excluding hydrogens is 119 g/mol. The molecule has 0 atom stereocenters. The van der Waals surface area contributed by atoms with Crippen LogP contribution in [0.1, 0.15) is 6.42 Å². The van der Waals surface area contributed by atoms with E-state index in [9.17, 15) is 4.39 Å². The highest BCUT2D eigenvalue weighted by Crippen LogP contribution is 1.79. The number of alkyl halides is 1. The largest absolute Gasteiger partial charge is 0.343 e. The highest BCUT2D eigenvalue weighted by atomic mass is 19.1. The topological polar surface area (TPSA) is 33.2 Å². The molecule has 0 unspecified atom stereocenters. The predicted octanol–water partition coefficient (Wildman–Crippen LogP) is -2.14. The quantitative estimate of drug-likeness (QED) is 0.379. The Hall–Kier alpha value is -0.150. The zero-order chi connectivity index (χ0) is 6.53. The van der Waals surface area contributed by atoms with Crippen LogP contribution in [-0.4, -0.2) is 32.4 Å². The molecule has 1 saturated heterocycles. The Balaban J connectivity index is 2.12. The zero-order valence-electron chi connectivity index (χ0n) is 5.65. The van der Waals surface area contributed by atoms with Crippen LogP contribution in [0.25, 0.3) is 0 Å². The summed E-state index contributed by atoms with van der Waals surface area (Å²) >= 11 is 0. The van der Waals surface area contributed by atoms with Crippen molar-refractivity contribution in [2.24, 2.45) is 0 Å². The van der Waals surface area contributed by atoms with Crippen LogP contribution in [-0.2, 0) is 0 Å². The van der Waals surface area contributed by atoms with Crippen molar-refractivity contribution in [2.75, 3.05) is 26.2 Å². The average Bonchev–Trinajstić information content (AvgIpc) is 1.79. The van der Waals surface area contributed by atoms with E-state index in [1.165, 1.54) is 6.42 Å².